The van der Waals surface area contributed by atoms with Crippen LogP contribution in [0.4, 0.5) is 13.2 Å². The number of carbonyl (C=O) groups is 1. The van der Waals surface area contributed by atoms with Gasteiger partial charge in [0.15, 0.2) is 11.0 Å². The summed E-state index contributed by atoms with van der Waals surface area (Å²) in [6.07, 6.45) is -3.55. The van der Waals surface area contributed by atoms with Crippen molar-refractivity contribution in [2.45, 2.75) is 11.3 Å². The van der Waals surface area contributed by atoms with Crippen LogP contribution < -0.4 is 5.43 Å². The fraction of sp³-hybridized carbons (Fsp3) is 0.0833. The maximum absolute atomic E-state index is 13.1. The third-order valence-corrected chi connectivity index (χ3v) is 5.92. The molecule has 1 amide bonds. The summed E-state index contributed by atoms with van der Waals surface area (Å²) < 4.78 is 41.1. The van der Waals surface area contributed by atoms with Gasteiger partial charge < -0.3 is 0 Å². The standard InChI is InChI=1S/C24H17ClF3N5OS/c25-18-12-10-16(11-13-18)22-31-32-23(33(22)19-7-2-1-3-8-19)35-15-21(34)30-29-14-17-6-4-5-9-20(17)24(26,27)28/h1-14H,15H2,(H,30,34)/b29-14+. The molecule has 3 aromatic carbocycles. The zero-order valence-corrected chi connectivity index (χ0v) is 19.5. The van der Waals surface area contributed by atoms with Crippen molar-refractivity contribution in [2.24, 2.45) is 5.10 Å². The molecule has 0 fully saturated rings. The number of hydrogen-bond donors (Lipinski definition) is 1. The molecular weight excluding hydrogens is 499 g/mol. The van der Waals surface area contributed by atoms with Crippen molar-refractivity contribution < 1.29 is 18.0 Å². The van der Waals surface area contributed by atoms with Crippen molar-refractivity contribution in [2.75, 3.05) is 5.75 Å². The first kappa shape index (κ1) is 24.5. The molecule has 0 aliphatic rings. The van der Waals surface area contributed by atoms with Gasteiger partial charge in [0.2, 0.25) is 0 Å². The number of alkyl halides is 3. The lowest BCUT2D eigenvalue weighted by Gasteiger charge is -2.10. The minimum Gasteiger partial charge on any atom is -0.272 e. The average molecular weight is 516 g/mol. The van der Waals surface area contributed by atoms with Gasteiger partial charge in [0.05, 0.1) is 17.5 Å². The van der Waals surface area contributed by atoms with Gasteiger partial charge in [0.25, 0.3) is 5.91 Å². The van der Waals surface area contributed by atoms with E-state index in [1.165, 1.54) is 18.2 Å². The maximum atomic E-state index is 13.1. The van der Waals surface area contributed by atoms with Gasteiger partial charge in [0.1, 0.15) is 0 Å². The fourth-order valence-corrected chi connectivity index (χ4v) is 4.03. The van der Waals surface area contributed by atoms with Crippen LogP contribution >= 0.6 is 23.4 Å². The molecule has 0 unspecified atom stereocenters. The summed E-state index contributed by atoms with van der Waals surface area (Å²) in [5.74, 6) is -0.0203. The van der Waals surface area contributed by atoms with Gasteiger partial charge in [-0.3, -0.25) is 9.36 Å². The second-order valence-electron chi connectivity index (χ2n) is 7.15. The molecule has 0 atom stereocenters. The summed E-state index contributed by atoms with van der Waals surface area (Å²) in [4.78, 5) is 12.3. The Labute approximate surface area is 207 Å². The Bertz CT molecular complexity index is 1340. The first-order valence-electron chi connectivity index (χ1n) is 10.2. The van der Waals surface area contributed by atoms with E-state index in [1.807, 2.05) is 47.0 Å². The lowest BCUT2D eigenvalue weighted by Crippen LogP contribution is -2.20. The Hall–Kier alpha value is -3.63. The van der Waals surface area contributed by atoms with Crippen molar-refractivity contribution >= 4 is 35.5 Å². The number of hydrogen-bond acceptors (Lipinski definition) is 5. The molecular formula is C24H17ClF3N5OS. The SMILES string of the molecule is O=C(CSc1nnc(-c2ccc(Cl)cc2)n1-c1ccccc1)N/N=C/c1ccccc1C(F)(F)F. The van der Waals surface area contributed by atoms with Crippen molar-refractivity contribution in [1.82, 2.24) is 20.2 Å². The van der Waals surface area contributed by atoms with E-state index in [4.69, 9.17) is 11.6 Å². The van der Waals surface area contributed by atoms with Crippen LogP contribution in [0.1, 0.15) is 11.1 Å². The predicted molar refractivity (Wildman–Crippen MR) is 130 cm³/mol. The summed E-state index contributed by atoms with van der Waals surface area (Å²) in [6, 6.07) is 21.5. The van der Waals surface area contributed by atoms with E-state index in [2.05, 4.69) is 20.7 Å². The van der Waals surface area contributed by atoms with E-state index < -0.39 is 17.6 Å². The first-order chi connectivity index (χ1) is 16.8. The van der Waals surface area contributed by atoms with E-state index in [9.17, 15) is 18.0 Å². The minimum absolute atomic E-state index is 0.0795. The third-order valence-electron chi connectivity index (χ3n) is 4.74. The number of nitrogens with one attached hydrogen (secondary N) is 1. The minimum atomic E-state index is -4.52. The van der Waals surface area contributed by atoms with Crippen molar-refractivity contribution in [3.63, 3.8) is 0 Å². The fourth-order valence-electron chi connectivity index (χ4n) is 3.16. The zero-order valence-electron chi connectivity index (χ0n) is 17.9. The van der Waals surface area contributed by atoms with E-state index in [0.717, 1.165) is 35.3 Å². The van der Waals surface area contributed by atoms with Crippen LogP contribution in [-0.2, 0) is 11.0 Å². The lowest BCUT2D eigenvalue weighted by molar-refractivity contribution is -0.137. The molecule has 0 aliphatic heterocycles. The molecule has 1 heterocycles. The van der Waals surface area contributed by atoms with Crippen molar-refractivity contribution in [1.29, 1.82) is 0 Å². The Balaban J connectivity index is 1.49. The number of halogens is 4. The molecule has 11 heteroatoms. The zero-order chi connectivity index (χ0) is 24.8. The van der Waals surface area contributed by atoms with E-state index in [0.29, 0.717) is 16.0 Å². The second kappa shape index (κ2) is 10.7. The molecule has 178 valence electrons. The van der Waals surface area contributed by atoms with Gasteiger partial charge in [-0.25, -0.2) is 5.43 Å². The van der Waals surface area contributed by atoms with E-state index in [-0.39, 0.29) is 11.3 Å². The number of rotatable bonds is 7. The second-order valence-corrected chi connectivity index (χ2v) is 8.53. The molecule has 4 aromatic rings. The smallest absolute Gasteiger partial charge is 0.272 e. The monoisotopic (exact) mass is 515 g/mol. The van der Waals surface area contributed by atoms with Crippen LogP contribution in [0.3, 0.4) is 0 Å². The molecule has 0 saturated heterocycles. The first-order valence-corrected chi connectivity index (χ1v) is 11.6. The number of amides is 1. The molecule has 4 rings (SSSR count). The molecule has 35 heavy (non-hydrogen) atoms. The van der Waals surface area contributed by atoms with Gasteiger partial charge in [0, 0.05) is 21.8 Å². The Morgan fingerprint density at radius 1 is 1.00 bits per heavy atom. The van der Waals surface area contributed by atoms with E-state index in [1.54, 1.807) is 12.1 Å². The van der Waals surface area contributed by atoms with Gasteiger partial charge in [-0.1, -0.05) is 59.8 Å². The molecule has 1 N–H and O–H groups in total. The highest BCUT2D eigenvalue weighted by atomic mass is 35.5. The topological polar surface area (TPSA) is 72.2 Å². The summed E-state index contributed by atoms with van der Waals surface area (Å²) in [7, 11) is 0. The largest absolute Gasteiger partial charge is 0.417 e. The van der Waals surface area contributed by atoms with Gasteiger partial charge >= 0.3 is 6.18 Å². The van der Waals surface area contributed by atoms with Crippen LogP contribution in [0.25, 0.3) is 17.1 Å². The molecule has 0 aliphatic carbocycles. The number of aromatic nitrogens is 3. The van der Waals surface area contributed by atoms with Crippen molar-refractivity contribution in [3.05, 3.63) is 95.0 Å². The highest BCUT2D eigenvalue weighted by Crippen LogP contribution is 2.31. The number of benzene rings is 3. The maximum Gasteiger partial charge on any atom is 0.417 e. The average Bonchev–Trinajstić information content (AvgIpc) is 3.27. The molecule has 0 bridgehead atoms. The number of thioether (sulfide) groups is 1. The van der Waals surface area contributed by atoms with Crippen LogP contribution in [-0.4, -0.2) is 32.6 Å². The Morgan fingerprint density at radius 2 is 1.69 bits per heavy atom. The normalized spacial score (nSPS) is 11.7. The highest BCUT2D eigenvalue weighted by molar-refractivity contribution is 7.99. The van der Waals surface area contributed by atoms with Crippen LogP contribution in [0.15, 0.2) is 89.1 Å². The van der Waals surface area contributed by atoms with Gasteiger partial charge in [-0.15, -0.1) is 10.2 Å². The van der Waals surface area contributed by atoms with Gasteiger partial charge in [-0.05, 0) is 42.5 Å². The molecule has 0 radical (unpaired) electrons. The van der Waals surface area contributed by atoms with Crippen LogP contribution in [0.2, 0.25) is 5.02 Å². The number of nitrogens with zero attached hydrogens (tertiary/aromatic N) is 4. The summed E-state index contributed by atoms with van der Waals surface area (Å²) >= 11 is 7.12. The molecule has 0 spiro atoms. The molecule has 1 aromatic heterocycles. The third kappa shape index (κ3) is 6.09. The molecule has 0 saturated carbocycles. The number of para-hydroxylation sites is 1. The number of carbonyl (C=O) groups excluding carboxylic acids is 1. The van der Waals surface area contributed by atoms with E-state index >= 15 is 0 Å². The number of hydrazone groups is 1. The lowest BCUT2D eigenvalue weighted by atomic mass is 10.1. The Morgan fingerprint density at radius 3 is 2.40 bits per heavy atom. The van der Waals surface area contributed by atoms with Crippen LogP contribution in [0.5, 0.6) is 0 Å². The summed E-state index contributed by atoms with van der Waals surface area (Å²) in [5.41, 5.74) is 2.86. The highest BCUT2D eigenvalue weighted by Gasteiger charge is 2.32. The quantitative estimate of drug-likeness (QED) is 0.190. The predicted octanol–water partition coefficient (Wildman–Crippen LogP) is 5.85. The van der Waals surface area contributed by atoms with Gasteiger partial charge in [-0.2, -0.15) is 18.3 Å². The molecule has 6 nitrogen and oxygen atoms in total. The Kier molecular flexibility index (Phi) is 7.52. The van der Waals surface area contributed by atoms with Crippen LogP contribution in [0, 0.1) is 0 Å². The summed E-state index contributed by atoms with van der Waals surface area (Å²) in [6.45, 7) is 0. The van der Waals surface area contributed by atoms with Crippen molar-refractivity contribution in [3.8, 4) is 17.1 Å². The summed E-state index contributed by atoms with van der Waals surface area (Å²) in [5, 5.41) is 13.2.